The quantitative estimate of drug-likeness (QED) is 0.0224. The molecular formula is C54H53ClO12. The molecule has 0 unspecified atom stereocenters. The van der Waals surface area contributed by atoms with Crippen molar-refractivity contribution in [2.45, 2.75) is 89.9 Å². The third-order valence-corrected chi connectivity index (χ3v) is 10.5. The Hall–Kier alpha value is -7.31. The van der Waals surface area contributed by atoms with Gasteiger partial charge in [-0.3, -0.25) is 9.59 Å². The number of hydrogen-bond acceptors (Lipinski definition) is 12. The van der Waals surface area contributed by atoms with Crippen LogP contribution >= 0.6 is 11.6 Å². The molecule has 0 radical (unpaired) electrons. The van der Waals surface area contributed by atoms with Gasteiger partial charge in [-0.15, -0.1) is 13.2 Å². The Kier molecular flexibility index (Phi) is 20.6. The lowest BCUT2D eigenvalue weighted by molar-refractivity contribution is -0.135. The molecule has 0 aliphatic carbocycles. The molecule has 0 heterocycles. The van der Waals surface area contributed by atoms with Crippen molar-refractivity contribution >= 4 is 47.4 Å². The monoisotopic (exact) mass is 928 g/mol. The molecule has 0 amide bonds. The summed E-state index contributed by atoms with van der Waals surface area (Å²) in [6.45, 7) is 7.44. The lowest BCUT2D eigenvalue weighted by atomic mass is 10.1. The number of benzene rings is 5. The minimum atomic E-state index is -0.784. The van der Waals surface area contributed by atoms with Crippen LogP contribution in [0.15, 0.2) is 141 Å². The highest BCUT2D eigenvalue weighted by Crippen LogP contribution is 2.35. The van der Waals surface area contributed by atoms with Crippen molar-refractivity contribution < 1.29 is 57.2 Å². The number of unbranched alkanes of at least 4 members (excludes halogenated alkanes) is 10. The predicted molar refractivity (Wildman–Crippen MR) is 253 cm³/mol. The van der Waals surface area contributed by atoms with Crippen LogP contribution in [0.3, 0.4) is 0 Å². The van der Waals surface area contributed by atoms with Gasteiger partial charge in [0, 0.05) is 12.8 Å². The molecule has 12 nitrogen and oxygen atoms in total. The first-order valence-corrected chi connectivity index (χ1v) is 22.6. The first-order valence-electron chi connectivity index (χ1n) is 22.2. The second-order valence-corrected chi connectivity index (χ2v) is 15.7. The molecule has 5 aromatic carbocycles. The Morgan fingerprint density at radius 2 is 0.657 bits per heavy atom. The maximum absolute atomic E-state index is 13.0. The average molecular weight is 929 g/mol. The Morgan fingerprint density at radius 3 is 0.985 bits per heavy atom. The molecule has 0 aliphatic rings. The van der Waals surface area contributed by atoms with E-state index in [4.69, 9.17) is 40.0 Å². The lowest BCUT2D eigenvalue weighted by Gasteiger charge is -2.11. The van der Waals surface area contributed by atoms with Crippen LogP contribution in [0.4, 0.5) is 0 Å². The summed E-state index contributed by atoms with van der Waals surface area (Å²) >= 11 is 6.49. The molecule has 5 rings (SSSR count). The predicted octanol–water partition coefficient (Wildman–Crippen LogP) is 12.9. The summed E-state index contributed by atoms with van der Waals surface area (Å²) in [7, 11) is 0. The molecular weight excluding hydrogens is 876 g/mol. The summed E-state index contributed by atoms with van der Waals surface area (Å²) < 4.78 is 32.7. The fraction of sp³-hybridized carbons (Fsp3) is 0.259. The van der Waals surface area contributed by atoms with Gasteiger partial charge in [-0.05, 0) is 148 Å². The van der Waals surface area contributed by atoms with Gasteiger partial charge in [-0.2, -0.15) is 0 Å². The van der Waals surface area contributed by atoms with Gasteiger partial charge in [0.1, 0.15) is 28.0 Å². The smallest absolute Gasteiger partial charge is 0.343 e. The first kappa shape index (κ1) is 50.7. The van der Waals surface area contributed by atoms with Crippen LogP contribution in [0.2, 0.25) is 5.02 Å². The van der Waals surface area contributed by atoms with E-state index in [2.05, 4.69) is 13.2 Å². The van der Waals surface area contributed by atoms with E-state index in [1.165, 1.54) is 115 Å². The molecule has 0 saturated carbocycles. The molecule has 0 atom stereocenters. The topological polar surface area (TPSA) is 158 Å². The summed E-state index contributed by atoms with van der Waals surface area (Å²) in [6, 6.07) is 27.7. The van der Waals surface area contributed by atoms with Gasteiger partial charge >= 0.3 is 35.8 Å². The largest absolute Gasteiger partial charge is 0.427 e. The Labute approximate surface area is 395 Å². The Morgan fingerprint density at radius 1 is 0.373 bits per heavy atom. The van der Waals surface area contributed by atoms with E-state index in [0.717, 1.165) is 77.0 Å². The fourth-order valence-corrected chi connectivity index (χ4v) is 6.68. The van der Waals surface area contributed by atoms with Crippen molar-refractivity contribution in [3.63, 3.8) is 0 Å². The van der Waals surface area contributed by atoms with Gasteiger partial charge < -0.3 is 28.4 Å². The van der Waals surface area contributed by atoms with Crippen LogP contribution in [0.5, 0.6) is 34.5 Å². The molecule has 0 spiro atoms. The summed E-state index contributed by atoms with van der Waals surface area (Å²) in [4.78, 5) is 76.1. The van der Waals surface area contributed by atoms with Gasteiger partial charge in [0.15, 0.2) is 11.5 Å². The minimum absolute atomic E-state index is 0.0778. The number of rotatable bonds is 26. The zero-order chi connectivity index (χ0) is 47.8. The standard InChI is InChI=1S/C54H53ClO12/c1-3-5-7-9-11-13-15-20-48(56)62-42-30-22-38(23-31-42)51(58)64-44-34-26-40(27-35-44)53(60)66-46-18-17-19-47(50(46)55)67-54(61)41-28-36-45(37-29-41)65-52(59)39-24-32-43(33-25-39)63-49(57)21-16-14-12-10-8-6-4-2/h3-4,17-19,22-37H,1-2,5-16,20-21H2. The normalized spacial score (nSPS) is 10.6. The van der Waals surface area contributed by atoms with E-state index >= 15 is 0 Å². The number of ether oxygens (including phenoxy) is 6. The highest BCUT2D eigenvalue weighted by atomic mass is 35.5. The lowest BCUT2D eigenvalue weighted by Crippen LogP contribution is -2.12. The Balaban J connectivity index is 1.04. The Bertz CT molecular complexity index is 2290. The van der Waals surface area contributed by atoms with Crippen LogP contribution in [0.1, 0.15) is 131 Å². The van der Waals surface area contributed by atoms with Gasteiger partial charge in [-0.25, -0.2) is 19.2 Å². The van der Waals surface area contributed by atoms with Crippen LogP contribution in [0.25, 0.3) is 0 Å². The van der Waals surface area contributed by atoms with Gasteiger partial charge in [0.2, 0.25) is 0 Å². The van der Waals surface area contributed by atoms with Gasteiger partial charge in [-0.1, -0.05) is 68.3 Å². The molecule has 0 bridgehead atoms. The van der Waals surface area contributed by atoms with Crippen LogP contribution in [-0.2, 0) is 9.59 Å². The molecule has 5 aromatic rings. The zero-order valence-electron chi connectivity index (χ0n) is 37.2. The van der Waals surface area contributed by atoms with E-state index in [1.54, 1.807) is 0 Å². The summed E-state index contributed by atoms with van der Waals surface area (Å²) in [6.07, 6.45) is 16.3. The van der Waals surface area contributed by atoms with Crippen LogP contribution in [0, 0.1) is 0 Å². The number of carbonyl (C=O) groups excluding carboxylic acids is 6. The van der Waals surface area contributed by atoms with Crippen LogP contribution in [-0.4, -0.2) is 35.8 Å². The van der Waals surface area contributed by atoms with Crippen molar-refractivity contribution in [3.05, 3.63) is 168 Å². The van der Waals surface area contributed by atoms with Crippen molar-refractivity contribution in [1.82, 2.24) is 0 Å². The van der Waals surface area contributed by atoms with Crippen molar-refractivity contribution in [2.75, 3.05) is 0 Å². The minimum Gasteiger partial charge on any atom is -0.427 e. The molecule has 0 N–H and O–H groups in total. The maximum Gasteiger partial charge on any atom is 0.343 e. The van der Waals surface area contributed by atoms with Crippen LogP contribution < -0.4 is 28.4 Å². The van der Waals surface area contributed by atoms with Crippen molar-refractivity contribution in [3.8, 4) is 34.5 Å². The van der Waals surface area contributed by atoms with E-state index in [9.17, 15) is 28.8 Å². The number of esters is 6. The number of hydrogen-bond donors (Lipinski definition) is 0. The molecule has 0 fully saturated rings. The highest BCUT2D eigenvalue weighted by molar-refractivity contribution is 6.33. The van der Waals surface area contributed by atoms with Gasteiger partial charge in [0.25, 0.3) is 0 Å². The zero-order valence-corrected chi connectivity index (χ0v) is 38.0. The average Bonchev–Trinajstić information content (AvgIpc) is 3.33. The third-order valence-electron chi connectivity index (χ3n) is 10.2. The number of halogens is 1. The van der Waals surface area contributed by atoms with E-state index < -0.39 is 23.9 Å². The SMILES string of the molecule is C=CCCCCCCCC(=O)Oc1ccc(C(=O)Oc2ccc(C(=O)Oc3cccc(OC(=O)c4ccc(OC(=O)c5ccc(OC(=O)CCCCCCCC=C)cc5)cc4)c3Cl)cc2)cc1. The fourth-order valence-electron chi connectivity index (χ4n) is 6.48. The summed E-state index contributed by atoms with van der Waals surface area (Å²) in [5.74, 6) is -2.75. The molecule has 0 aliphatic heterocycles. The third kappa shape index (κ3) is 17.2. The van der Waals surface area contributed by atoms with E-state index in [0.29, 0.717) is 24.3 Å². The number of carbonyl (C=O) groups is 6. The first-order chi connectivity index (χ1) is 32.5. The van der Waals surface area contributed by atoms with Crippen molar-refractivity contribution in [2.24, 2.45) is 0 Å². The second kappa shape index (κ2) is 27.2. The summed E-state index contributed by atoms with van der Waals surface area (Å²) in [5.41, 5.74) is 0.679. The molecule has 67 heavy (non-hydrogen) atoms. The summed E-state index contributed by atoms with van der Waals surface area (Å²) in [5, 5.41) is -0.141. The molecule has 13 heteroatoms. The van der Waals surface area contributed by atoms with E-state index in [-0.39, 0.29) is 62.2 Å². The molecule has 348 valence electrons. The second-order valence-electron chi connectivity index (χ2n) is 15.4. The van der Waals surface area contributed by atoms with Crippen molar-refractivity contribution in [1.29, 1.82) is 0 Å². The molecule has 0 aromatic heterocycles. The molecule has 0 saturated heterocycles. The highest BCUT2D eigenvalue weighted by Gasteiger charge is 2.19. The maximum atomic E-state index is 13.0. The van der Waals surface area contributed by atoms with Gasteiger partial charge in [0.05, 0.1) is 22.3 Å². The number of allylic oxidation sites excluding steroid dienone is 2. The van der Waals surface area contributed by atoms with E-state index in [1.807, 2.05) is 12.2 Å².